The summed E-state index contributed by atoms with van der Waals surface area (Å²) in [6.45, 7) is 4.41. The summed E-state index contributed by atoms with van der Waals surface area (Å²) in [5.74, 6) is -1.01. The van der Waals surface area contributed by atoms with Gasteiger partial charge in [0.15, 0.2) is 5.13 Å². The van der Waals surface area contributed by atoms with Crippen LogP contribution in [-0.2, 0) is 9.59 Å². The Morgan fingerprint density at radius 3 is 2.50 bits per heavy atom. The first kappa shape index (κ1) is 22.4. The fourth-order valence-electron chi connectivity index (χ4n) is 4.28. The SMILES string of the molecule is O=C(NCCN1CCN(c2nc3c(F)cccc3s2)CC1)c1cccc(N2C(=O)CCC2=O)c1. The lowest BCUT2D eigenvalue weighted by Gasteiger charge is -2.34. The quantitative estimate of drug-likeness (QED) is 0.545. The molecule has 0 saturated carbocycles. The smallest absolute Gasteiger partial charge is 0.251 e. The summed E-state index contributed by atoms with van der Waals surface area (Å²) in [5, 5.41) is 3.75. The van der Waals surface area contributed by atoms with Crippen LogP contribution >= 0.6 is 11.3 Å². The standard InChI is InChI=1S/C24H24FN5O3S/c25-18-5-2-6-19-22(18)27-24(34-19)29-13-11-28(12-14-29)10-9-26-23(33)16-3-1-4-17(15-16)30-20(31)7-8-21(30)32/h1-6,15H,7-14H2,(H,26,33). The van der Waals surface area contributed by atoms with Gasteiger partial charge in [-0.2, -0.15) is 0 Å². The number of hydrogen-bond donors (Lipinski definition) is 1. The number of thiazole rings is 1. The molecular formula is C24H24FN5O3S. The first-order chi connectivity index (χ1) is 16.5. The van der Waals surface area contributed by atoms with Gasteiger partial charge in [0.2, 0.25) is 11.8 Å². The summed E-state index contributed by atoms with van der Waals surface area (Å²) in [5.41, 5.74) is 1.28. The minimum Gasteiger partial charge on any atom is -0.351 e. The highest BCUT2D eigenvalue weighted by atomic mass is 32.1. The molecule has 3 aromatic rings. The minimum absolute atomic E-state index is 0.207. The van der Waals surface area contributed by atoms with Gasteiger partial charge in [0.25, 0.3) is 5.91 Å². The van der Waals surface area contributed by atoms with Crippen LogP contribution in [0, 0.1) is 5.82 Å². The lowest BCUT2D eigenvalue weighted by molar-refractivity contribution is -0.121. The predicted octanol–water partition coefficient (Wildman–Crippen LogP) is 2.64. The van der Waals surface area contributed by atoms with Crippen LogP contribution < -0.4 is 15.1 Å². The van der Waals surface area contributed by atoms with E-state index in [4.69, 9.17) is 0 Å². The summed E-state index contributed by atoms with van der Waals surface area (Å²) < 4.78 is 14.8. The first-order valence-corrected chi connectivity index (χ1v) is 12.1. The average molecular weight is 482 g/mol. The molecule has 3 heterocycles. The Balaban J connectivity index is 1.11. The van der Waals surface area contributed by atoms with Crippen LogP contribution in [0.25, 0.3) is 10.2 Å². The maximum atomic E-state index is 13.9. The van der Waals surface area contributed by atoms with Gasteiger partial charge in [0.05, 0.1) is 10.4 Å². The number of piperazine rings is 1. The van der Waals surface area contributed by atoms with Crippen LogP contribution in [0.5, 0.6) is 0 Å². The molecule has 34 heavy (non-hydrogen) atoms. The van der Waals surface area contributed by atoms with Gasteiger partial charge in [-0.15, -0.1) is 0 Å². The average Bonchev–Trinajstić information content (AvgIpc) is 3.43. The van der Waals surface area contributed by atoms with Crippen LogP contribution in [0.1, 0.15) is 23.2 Å². The molecule has 0 bridgehead atoms. The monoisotopic (exact) mass is 481 g/mol. The number of fused-ring (bicyclic) bond motifs is 1. The summed E-state index contributed by atoms with van der Waals surface area (Å²) >= 11 is 1.50. The second-order valence-corrected chi connectivity index (χ2v) is 9.35. The van der Waals surface area contributed by atoms with Crippen molar-refractivity contribution in [3.63, 3.8) is 0 Å². The fourth-order valence-corrected chi connectivity index (χ4v) is 5.31. The highest BCUT2D eigenvalue weighted by molar-refractivity contribution is 7.22. The number of nitrogens with one attached hydrogen (secondary N) is 1. The lowest BCUT2D eigenvalue weighted by atomic mass is 10.1. The number of para-hydroxylation sites is 1. The van der Waals surface area contributed by atoms with E-state index in [-0.39, 0.29) is 36.4 Å². The molecule has 5 rings (SSSR count). The van der Waals surface area contributed by atoms with E-state index in [0.29, 0.717) is 29.9 Å². The Hall–Kier alpha value is -3.37. The number of carbonyl (C=O) groups is 3. The molecule has 1 aromatic heterocycles. The number of imide groups is 1. The largest absolute Gasteiger partial charge is 0.351 e. The molecule has 0 aliphatic carbocycles. The zero-order chi connectivity index (χ0) is 23.7. The van der Waals surface area contributed by atoms with Crippen LogP contribution in [0.3, 0.4) is 0 Å². The number of carbonyl (C=O) groups excluding carboxylic acids is 3. The number of halogens is 1. The first-order valence-electron chi connectivity index (χ1n) is 11.3. The highest BCUT2D eigenvalue weighted by Crippen LogP contribution is 2.30. The molecular weight excluding hydrogens is 457 g/mol. The zero-order valence-corrected chi connectivity index (χ0v) is 19.3. The van der Waals surface area contributed by atoms with Crippen molar-refractivity contribution in [3.05, 3.63) is 53.8 Å². The Kier molecular flexibility index (Phi) is 6.25. The molecule has 3 amide bonds. The molecule has 8 nitrogen and oxygen atoms in total. The van der Waals surface area contributed by atoms with E-state index in [2.05, 4.69) is 20.1 Å². The maximum Gasteiger partial charge on any atom is 0.251 e. The van der Waals surface area contributed by atoms with Crippen molar-refractivity contribution in [1.82, 2.24) is 15.2 Å². The zero-order valence-electron chi connectivity index (χ0n) is 18.5. The van der Waals surface area contributed by atoms with Gasteiger partial charge >= 0.3 is 0 Å². The number of amides is 3. The lowest BCUT2D eigenvalue weighted by Crippen LogP contribution is -2.48. The molecule has 0 atom stereocenters. The number of anilines is 2. The van der Waals surface area contributed by atoms with Gasteiger partial charge in [0, 0.05) is 57.7 Å². The van der Waals surface area contributed by atoms with Crippen molar-refractivity contribution in [2.24, 2.45) is 0 Å². The van der Waals surface area contributed by atoms with E-state index in [1.54, 1.807) is 30.3 Å². The molecule has 2 aliphatic rings. The van der Waals surface area contributed by atoms with E-state index in [1.165, 1.54) is 17.4 Å². The van der Waals surface area contributed by atoms with Crippen molar-refractivity contribution in [2.45, 2.75) is 12.8 Å². The molecule has 2 fully saturated rings. The summed E-state index contributed by atoms with van der Waals surface area (Å²) in [4.78, 5) is 46.6. The molecule has 1 N–H and O–H groups in total. The van der Waals surface area contributed by atoms with Crippen molar-refractivity contribution in [1.29, 1.82) is 0 Å². The summed E-state index contributed by atoms with van der Waals surface area (Å²) in [6, 6.07) is 11.6. The minimum atomic E-state index is -0.293. The van der Waals surface area contributed by atoms with E-state index < -0.39 is 0 Å². The molecule has 0 unspecified atom stereocenters. The molecule has 0 spiro atoms. The maximum absolute atomic E-state index is 13.9. The van der Waals surface area contributed by atoms with E-state index >= 15 is 0 Å². The molecule has 2 saturated heterocycles. The Morgan fingerprint density at radius 1 is 1.03 bits per heavy atom. The van der Waals surface area contributed by atoms with Gasteiger partial charge in [-0.25, -0.2) is 9.37 Å². The van der Waals surface area contributed by atoms with Gasteiger partial charge in [-0.05, 0) is 30.3 Å². The third-order valence-electron chi connectivity index (χ3n) is 6.13. The highest BCUT2D eigenvalue weighted by Gasteiger charge is 2.30. The number of hydrogen-bond acceptors (Lipinski definition) is 7. The van der Waals surface area contributed by atoms with Gasteiger partial charge in [-0.3, -0.25) is 24.2 Å². The van der Waals surface area contributed by atoms with Gasteiger partial charge in [-0.1, -0.05) is 23.5 Å². The fraction of sp³-hybridized carbons (Fsp3) is 0.333. The van der Waals surface area contributed by atoms with Gasteiger partial charge < -0.3 is 10.2 Å². The summed E-state index contributed by atoms with van der Waals surface area (Å²) in [7, 11) is 0. The van der Waals surface area contributed by atoms with Crippen molar-refractivity contribution >= 4 is 50.1 Å². The molecule has 0 radical (unpaired) electrons. The number of nitrogens with zero attached hydrogens (tertiary/aromatic N) is 4. The predicted molar refractivity (Wildman–Crippen MR) is 129 cm³/mol. The van der Waals surface area contributed by atoms with Crippen molar-refractivity contribution in [3.8, 4) is 0 Å². The van der Waals surface area contributed by atoms with E-state index in [9.17, 15) is 18.8 Å². The molecule has 176 valence electrons. The van der Waals surface area contributed by atoms with Crippen LogP contribution in [0.4, 0.5) is 15.2 Å². The topological polar surface area (TPSA) is 85.8 Å². The van der Waals surface area contributed by atoms with E-state index in [0.717, 1.165) is 40.9 Å². The Morgan fingerprint density at radius 2 is 1.76 bits per heavy atom. The van der Waals surface area contributed by atoms with Crippen molar-refractivity contribution in [2.75, 3.05) is 49.1 Å². The van der Waals surface area contributed by atoms with Crippen LogP contribution in [0.2, 0.25) is 0 Å². The van der Waals surface area contributed by atoms with E-state index in [1.807, 2.05) is 6.07 Å². The van der Waals surface area contributed by atoms with Crippen LogP contribution in [0.15, 0.2) is 42.5 Å². The Labute approximate surface area is 200 Å². The van der Waals surface area contributed by atoms with Crippen LogP contribution in [-0.4, -0.2) is 66.9 Å². The third kappa shape index (κ3) is 4.51. The summed E-state index contributed by atoms with van der Waals surface area (Å²) in [6.07, 6.45) is 0.413. The second-order valence-electron chi connectivity index (χ2n) is 8.34. The van der Waals surface area contributed by atoms with Gasteiger partial charge in [0.1, 0.15) is 11.3 Å². The number of aromatic nitrogens is 1. The molecule has 10 heteroatoms. The molecule has 2 aromatic carbocycles. The number of benzene rings is 2. The normalized spacial score (nSPS) is 17.1. The Bertz CT molecular complexity index is 1240. The third-order valence-corrected chi connectivity index (χ3v) is 7.21. The molecule has 2 aliphatic heterocycles. The second kappa shape index (κ2) is 9.47. The number of rotatable bonds is 6. The van der Waals surface area contributed by atoms with Crippen molar-refractivity contribution < 1.29 is 18.8 Å².